The number of hydrogen-bond acceptors (Lipinski definition) is 7. The molecule has 12 nitrogen and oxygen atoms in total. The van der Waals surface area contributed by atoms with Crippen molar-refractivity contribution in [2.75, 3.05) is 20.6 Å². The zero-order valence-electron chi connectivity index (χ0n) is 27.8. The molecule has 2 fully saturated rings. The van der Waals surface area contributed by atoms with Gasteiger partial charge in [-0.3, -0.25) is 19.3 Å². The summed E-state index contributed by atoms with van der Waals surface area (Å²) in [6, 6.07) is 2.63. The molecule has 5 amide bonds. The number of nitrogens with zero attached hydrogens (tertiary/aromatic N) is 3. The number of nitrogens with one attached hydrogen (secondary N) is 2. The van der Waals surface area contributed by atoms with Gasteiger partial charge in [-0.2, -0.15) is 0 Å². The van der Waals surface area contributed by atoms with Crippen LogP contribution in [0.15, 0.2) is 30.4 Å². The van der Waals surface area contributed by atoms with Crippen LogP contribution in [0.4, 0.5) is 14.0 Å². The third-order valence-electron chi connectivity index (χ3n) is 9.17. The van der Waals surface area contributed by atoms with E-state index < -0.39 is 59.1 Å². The minimum absolute atomic E-state index is 0.00956. The van der Waals surface area contributed by atoms with Crippen molar-refractivity contribution in [2.24, 2.45) is 5.92 Å². The zero-order chi connectivity index (χ0) is 34.1. The van der Waals surface area contributed by atoms with Gasteiger partial charge in [-0.05, 0) is 58.1 Å². The first-order valence-electron chi connectivity index (χ1n) is 16.4. The van der Waals surface area contributed by atoms with Gasteiger partial charge in [-0.25, -0.2) is 14.0 Å². The Kier molecular flexibility index (Phi) is 9.83. The lowest BCUT2D eigenvalue weighted by molar-refractivity contribution is -0.142. The average Bonchev–Trinajstić information content (AvgIpc) is 3.29. The second-order valence-electron chi connectivity index (χ2n) is 14.2. The molecule has 1 aromatic carbocycles. The minimum atomic E-state index is -1.14. The highest BCUT2D eigenvalue weighted by atomic mass is 19.1. The van der Waals surface area contributed by atoms with Crippen LogP contribution < -0.4 is 10.6 Å². The molecule has 13 heteroatoms. The lowest BCUT2D eigenvalue weighted by Crippen LogP contribution is -2.57. The van der Waals surface area contributed by atoms with E-state index in [0.717, 1.165) is 19.3 Å². The van der Waals surface area contributed by atoms with Crippen molar-refractivity contribution in [3.8, 4) is 0 Å². The summed E-state index contributed by atoms with van der Waals surface area (Å²) in [4.78, 5) is 71.8. The topological polar surface area (TPSA) is 138 Å². The second-order valence-corrected chi connectivity index (χ2v) is 14.2. The molecule has 1 aliphatic carbocycles. The number of amides is 5. The molecular formula is C34H46FN5O7. The summed E-state index contributed by atoms with van der Waals surface area (Å²) < 4.78 is 25.6. The van der Waals surface area contributed by atoms with Crippen molar-refractivity contribution in [3.05, 3.63) is 47.3 Å². The van der Waals surface area contributed by atoms with Crippen LogP contribution in [0.2, 0.25) is 0 Å². The van der Waals surface area contributed by atoms with E-state index in [4.69, 9.17) is 9.47 Å². The van der Waals surface area contributed by atoms with E-state index in [9.17, 15) is 28.4 Å². The number of allylic oxidation sites excluding steroid dienone is 1. The van der Waals surface area contributed by atoms with Crippen molar-refractivity contribution in [1.82, 2.24) is 25.3 Å². The third-order valence-corrected chi connectivity index (χ3v) is 9.17. The highest BCUT2D eigenvalue weighted by Crippen LogP contribution is 2.46. The predicted octanol–water partition coefficient (Wildman–Crippen LogP) is 3.62. The Morgan fingerprint density at radius 3 is 2.57 bits per heavy atom. The van der Waals surface area contributed by atoms with Gasteiger partial charge < -0.3 is 29.9 Å². The summed E-state index contributed by atoms with van der Waals surface area (Å²) in [6.07, 6.45) is 5.54. The zero-order valence-corrected chi connectivity index (χ0v) is 27.8. The van der Waals surface area contributed by atoms with Crippen molar-refractivity contribution >= 4 is 29.9 Å². The molecule has 4 aliphatic rings. The fourth-order valence-electron chi connectivity index (χ4n) is 6.72. The molecule has 1 aromatic rings. The molecule has 5 atom stereocenters. The Morgan fingerprint density at radius 2 is 1.87 bits per heavy atom. The molecule has 47 heavy (non-hydrogen) atoms. The van der Waals surface area contributed by atoms with Crippen LogP contribution in [0.5, 0.6) is 0 Å². The highest BCUT2D eigenvalue weighted by molar-refractivity contribution is 5.98. The molecule has 0 bridgehead atoms. The smallest absolute Gasteiger partial charge is 0.410 e. The van der Waals surface area contributed by atoms with Crippen molar-refractivity contribution in [2.45, 2.75) is 108 Å². The van der Waals surface area contributed by atoms with E-state index >= 15 is 0 Å². The van der Waals surface area contributed by atoms with Crippen LogP contribution >= 0.6 is 0 Å². The van der Waals surface area contributed by atoms with Gasteiger partial charge in [0, 0.05) is 38.5 Å². The van der Waals surface area contributed by atoms with Crippen molar-refractivity contribution < 1.29 is 37.8 Å². The summed E-state index contributed by atoms with van der Waals surface area (Å²) in [7, 11) is 3.27. The Labute approximate surface area is 275 Å². The van der Waals surface area contributed by atoms with Gasteiger partial charge in [0.15, 0.2) is 0 Å². The third kappa shape index (κ3) is 7.70. The van der Waals surface area contributed by atoms with E-state index in [0.29, 0.717) is 30.4 Å². The molecule has 1 saturated carbocycles. The number of alkyl carbamates (subject to hydrolysis) is 1. The van der Waals surface area contributed by atoms with E-state index in [1.165, 1.54) is 20.8 Å². The average molecular weight is 656 g/mol. The van der Waals surface area contributed by atoms with Crippen molar-refractivity contribution in [1.29, 1.82) is 0 Å². The number of carbonyl (C=O) groups is 5. The Balaban J connectivity index is 1.39. The SMILES string of the molecule is CN(C)C(=O)[C@@]12C[C@@H]1/C=C\CCCCC[C@H](NC(=O)OC(C)(C)C)C(=O)N1C[C@H](OC(=O)N3Cc4cccc(F)c4C3)C[C@H]1C(=O)N2. The molecule has 256 valence electrons. The quantitative estimate of drug-likeness (QED) is 0.475. The summed E-state index contributed by atoms with van der Waals surface area (Å²) >= 11 is 0. The van der Waals surface area contributed by atoms with E-state index in [1.807, 2.05) is 12.2 Å². The van der Waals surface area contributed by atoms with Crippen LogP contribution in [0.3, 0.4) is 0 Å². The van der Waals surface area contributed by atoms with E-state index in [1.54, 1.807) is 47.0 Å². The first kappa shape index (κ1) is 34.2. The molecule has 3 heterocycles. The standard InChI is InChI=1S/C34H46FN5O7/c1-33(2,3)47-31(44)36-26-15-10-8-6-7-9-13-22-17-34(22,30(43)38(4)5)37-28(41)27-16-23(19-40(27)29(26)42)46-32(45)39-18-21-12-11-14-25(35)24(21)20-39/h9,11-14,22-23,26-27H,6-8,10,15-20H2,1-5H3,(H,36,44)(H,37,41)/b13-9-/t22-,23+,26-,27-,34+/m0/s1. The molecule has 1 saturated heterocycles. The minimum Gasteiger partial charge on any atom is -0.444 e. The van der Waals surface area contributed by atoms with Crippen LogP contribution in [0, 0.1) is 11.7 Å². The van der Waals surface area contributed by atoms with Gasteiger partial charge in [0.05, 0.1) is 13.1 Å². The van der Waals surface area contributed by atoms with Gasteiger partial charge >= 0.3 is 12.2 Å². The van der Waals surface area contributed by atoms with Crippen molar-refractivity contribution in [3.63, 3.8) is 0 Å². The molecule has 0 spiro atoms. The molecule has 5 rings (SSSR count). The summed E-state index contributed by atoms with van der Waals surface area (Å²) in [5, 5.41) is 5.67. The molecule has 2 N–H and O–H groups in total. The lowest BCUT2D eigenvalue weighted by Gasteiger charge is -2.30. The largest absolute Gasteiger partial charge is 0.444 e. The summed E-state index contributed by atoms with van der Waals surface area (Å²) in [6.45, 7) is 5.30. The van der Waals surface area contributed by atoms with Gasteiger partial charge in [-0.1, -0.05) is 37.1 Å². The Morgan fingerprint density at radius 1 is 1.11 bits per heavy atom. The number of hydrogen-bond donors (Lipinski definition) is 2. The monoisotopic (exact) mass is 655 g/mol. The summed E-state index contributed by atoms with van der Waals surface area (Å²) in [5.74, 6) is -1.87. The number of rotatable bonds is 3. The van der Waals surface area contributed by atoms with E-state index in [2.05, 4.69) is 10.6 Å². The number of benzene rings is 1. The van der Waals surface area contributed by atoms with Crippen LogP contribution in [-0.4, -0.2) is 94.6 Å². The van der Waals surface area contributed by atoms with Crippen LogP contribution in [-0.2, 0) is 36.9 Å². The number of halogens is 1. The number of fused-ring (bicyclic) bond motifs is 3. The maximum atomic E-state index is 14.3. The number of likely N-dealkylation sites (N-methyl/N-ethyl adjacent to an activating group) is 1. The van der Waals surface area contributed by atoms with Crippen LogP contribution in [0.25, 0.3) is 0 Å². The predicted molar refractivity (Wildman–Crippen MR) is 169 cm³/mol. The lowest BCUT2D eigenvalue weighted by atomic mass is 10.0. The van der Waals surface area contributed by atoms with Gasteiger partial charge in [0.1, 0.15) is 35.1 Å². The first-order chi connectivity index (χ1) is 22.2. The first-order valence-corrected chi connectivity index (χ1v) is 16.4. The molecule has 0 radical (unpaired) electrons. The molecular weight excluding hydrogens is 609 g/mol. The van der Waals surface area contributed by atoms with Gasteiger partial charge in [0.2, 0.25) is 17.7 Å². The maximum Gasteiger partial charge on any atom is 0.410 e. The fraction of sp³-hybridized carbons (Fsp3) is 0.618. The fourth-order valence-corrected chi connectivity index (χ4v) is 6.72. The van der Waals surface area contributed by atoms with E-state index in [-0.39, 0.29) is 37.9 Å². The molecule has 3 aliphatic heterocycles. The number of carbonyl (C=O) groups excluding carboxylic acids is 5. The summed E-state index contributed by atoms with van der Waals surface area (Å²) in [5.41, 5.74) is -0.810. The second kappa shape index (κ2) is 13.5. The van der Waals surface area contributed by atoms with Gasteiger partial charge in [-0.15, -0.1) is 0 Å². The maximum absolute atomic E-state index is 14.3. The normalized spacial score (nSPS) is 28.5. The van der Waals surface area contributed by atoms with Gasteiger partial charge in [0.25, 0.3) is 0 Å². The molecule has 0 aromatic heterocycles. The highest BCUT2D eigenvalue weighted by Gasteiger charge is 2.61. The van der Waals surface area contributed by atoms with Crippen LogP contribution in [0.1, 0.15) is 76.8 Å². The molecule has 0 unspecified atom stereocenters. The Hall–Kier alpha value is -4.16. The number of ether oxygens (including phenoxy) is 2. The Bertz CT molecular complexity index is 1440.